The molecule has 0 atom stereocenters. The summed E-state index contributed by atoms with van der Waals surface area (Å²) >= 11 is 9.37. The molecule has 0 fully saturated rings. The number of benzene rings is 2. The lowest BCUT2D eigenvalue weighted by atomic mass is 10.2. The molecule has 0 aliphatic carbocycles. The molecule has 9 heteroatoms. The third kappa shape index (κ3) is 3.32. The van der Waals surface area contributed by atoms with Gasteiger partial charge in [0.15, 0.2) is 5.65 Å². The molecule has 4 rings (SSSR count). The van der Waals surface area contributed by atoms with Crippen molar-refractivity contribution in [1.82, 2.24) is 19.4 Å². The summed E-state index contributed by atoms with van der Waals surface area (Å²) in [5.41, 5.74) is 4.60. The van der Waals surface area contributed by atoms with Gasteiger partial charge in [-0.1, -0.05) is 45.2 Å². The van der Waals surface area contributed by atoms with Crippen LogP contribution < -0.4 is 11.0 Å². The summed E-state index contributed by atoms with van der Waals surface area (Å²) in [5.74, 6) is -0.527. The van der Waals surface area contributed by atoms with Gasteiger partial charge >= 0.3 is 0 Å². The number of carbonyl (C=O) groups is 1. The fourth-order valence-electron chi connectivity index (χ4n) is 2.71. The predicted molar refractivity (Wildman–Crippen MR) is 111 cm³/mol. The molecule has 0 radical (unpaired) electrons. The number of halogens is 2. The minimum Gasteiger partial charge on any atom is -0.267 e. The van der Waals surface area contributed by atoms with Gasteiger partial charge in [0.1, 0.15) is 11.7 Å². The molecule has 7 nitrogen and oxygen atoms in total. The highest BCUT2D eigenvalue weighted by atomic mass is 79.9. The van der Waals surface area contributed by atoms with E-state index in [1.165, 1.54) is 12.5 Å². The Labute approximate surface area is 172 Å². The van der Waals surface area contributed by atoms with Gasteiger partial charge in [-0.05, 0) is 37.3 Å². The van der Waals surface area contributed by atoms with E-state index in [4.69, 9.17) is 11.6 Å². The van der Waals surface area contributed by atoms with E-state index in [0.717, 1.165) is 15.9 Å². The van der Waals surface area contributed by atoms with Crippen molar-refractivity contribution in [3.8, 4) is 5.69 Å². The second-order valence-corrected chi connectivity index (χ2v) is 7.44. The van der Waals surface area contributed by atoms with Crippen molar-refractivity contribution in [2.45, 2.75) is 6.92 Å². The minimum atomic E-state index is -0.527. The molecule has 4 aromatic rings. The molecule has 28 heavy (non-hydrogen) atoms. The van der Waals surface area contributed by atoms with E-state index in [-0.39, 0.29) is 16.0 Å². The van der Waals surface area contributed by atoms with Crippen LogP contribution >= 0.6 is 27.5 Å². The average Bonchev–Trinajstić information content (AvgIpc) is 3.11. The van der Waals surface area contributed by atoms with Gasteiger partial charge in [0.2, 0.25) is 0 Å². The maximum atomic E-state index is 12.8. The number of nitrogens with zero attached hydrogens (tertiary/aromatic N) is 4. The Balaban J connectivity index is 1.71. The van der Waals surface area contributed by atoms with E-state index in [0.29, 0.717) is 10.1 Å². The van der Waals surface area contributed by atoms with Crippen LogP contribution in [0.3, 0.4) is 0 Å². The monoisotopic (exact) mass is 457 g/mol. The van der Waals surface area contributed by atoms with Gasteiger partial charge in [-0.2, -0.15) is 5.10 Å². The number of aryl methyl sites for hydroxylation is 1. The van der Waals surface area contributed by atoms with Crippen molar-refractivity contribution >= 4 is 44.5 Å². The van der Waals surface area contributed by atoms with E-state index >= 15 is 0 Å². The van der Waals surface area contributed by atoms with Crippen LogP contribution in [0.5, 0.6) is 0 Å². The number of amides is 1. The van der Waals surface area contributed by atoms with E-state index < -0.39 is 11.5 Å². The molecule has 0 unspecified atom stereocenters. The summed E-state index contributed by atoms with van der Waals surface area (Å²) in [5, 5.41) is 4.82. The van der Waals surface area contributed by atoms with Crippen LogP contribution in [0.2, 0.25) is 5.02 Å². The highest BCUT2D eigenvalue weighted by Crippen LogP contribution is 2.21. The largest absolute Gasteiger partial charge is 0.283 e. The summed E-state index contributed by atoms with van der Waals surface area (Å²) in [4.78, 5) is 29.6. The summed E-state index contributed by atoms with van der Waals surface area (Å²) in [6, 6.07) is 12.6. The molecule has 0 saturated carbocycles. The molecule has 1 amide bonds. The van der Waals surface area contributed by atoms with Gasteiger partial charge in [-0.25, -0.2) is 14.3 Å². The Morgan fingerprint density at radius 2 is 1.93 bits per heavy atom. The zero-order chi connectivity index (χ0) is 19.8. The lowest BCUT2D eigenvalue weighted by Gasteiger charge is -2.09. The van der Waals surface area contributed by atoms with Crippen LogP contribution in [0.4, 0.5) is 0 Å². The molecule has 0 aliphatic heterocycles. The van der Waals surface area contributed by atoms with Gasteiger partial charge in [0, 0.05) is 4.47 Å². The van der Waals surface area contributed by atoms with Crippen molar-refractivity contribution in [3.63, 3.8) is 0 Å². The molecule has 2 aromatic carbocycles. The maximum Gasteiger partial charge on any atom is 0.283 e. The summed E-state index contributed by atoms with van der Waals surface area (Å²) in [6.45, 7) is 1.99. The van der Waals surface area contributed by atoms with Gasteiger partial charge in [-0.15, -0.1) is 0 Å². The smallest absolute Gasteiger partial charge is 0.267 e. The van der Waals surface area contributed by atoms with Crippen molar-refractivity contribution in [1.29, 1.82) is 0 Å². The van der Waals surface area contributed by atoms with Crippen molar-refractivity contribution < 1.29 is 4.79 Å². The number of aromatic nitrogens is 4. The van der Waals surface area contributed by atoms with Crippen LogP contribution in [0.25, 0.3) is 16.7 Å². The first-order chi connectivity index (χ1) is 13.4. The Hall–Kier alpha value is -2.97. The fraction of sp³-hybridized carbons (Fsp3) is 0.0526. The SMILES string of the molecule is Cc1ccc(-n2ncc3c(=O)n(NC(=O)c4cc(Br)ccc4Cl)cnc32)cc1. The standard InChI is InChI=1S/C19H13BrClN5O2/c1-11-2-5-13(6-3-11)26-17-15(9-23-26)19(28)25(10-22-17)24-18(27)14-8-12(20)4-7-16(14)21/h2-10H,1H3,(H,24,27). The second kappa shape index (κ2) is 7.21. The zero-order valence-corrected chi connectivity index (χ0v) is 16.9. The molecule has 0 aliphatic rings. The number of hydrogen-bond donors (Lipinski definition) is 1. The first-order valence-corrected chi connectivity index (χ1v) is 9.40. The third-order valence-electron chi connectivity index (χ3n) is 4.16. The normalized spacial score (nSPS) is 11.0. The first-order valence-electron chi connectivity index (χ1n) is 8.23. The molecule has 0 bridgehead atoms. The molecule has 0 spiro atoms. The molecular formula is C19H13BrClN5O2. The highest BCUT2D eigenvalue weighted by molar-refractivity contribution is 9.10. The topological polar surface area (TPSA) is 81.8 Å². The fourth-order valence-corrected chi connectivity index (χ4v) is 3.27. The molecule has 140 valence electrons. The van der Waals surface area contributed by atoms with Crippen LogP contribution in [-0.4, -0.2) is 25.3 Å². The predicted octanol–water partition coefficient (Wildman–Crippen LogP) is 3.69. The first kappa shape index (κ1) is 18.4. The Morgan fingerprint density at radius 1 is 1.18 bits per heavy atom. The highest BCUT2D eigenvalue weighted by Gasteiger charge is 2.15. The number of hydrogen-bond acceptors (Lipinski definition) is 4. The van der Waals surface area contributed by atoms with Crippen LogP contribution in [-0.2, 0) is 0 Å². The summed E-state index contributed by atoms with van der Waals surface area (Å²) < 4.78 is 3.29. The molecule has 1 N–H and O–H groups in total. The number of nitrogens with one attached hydrogen (secondary N) is 1. The van der Waals surface area contributed by atoms with Gasteiger partial charge in [0.25, 0.3) is 11.5 Å². The molecule has 2 aromatic heterocycles. The third-order valence-corrected chi connectivity index (χ3v) is 4.98. The van der Waals surface area contributed by atoms with Gasteiger partial charge < -0.3 is 0 Å². The lowest BCUT2D eigenvalue weighted by molar-refractivity contribution is 0.101. The van der Waals surface area contributed by atoms with Crippen molar-refractivity contribution in [2.24, 2.45) is 0 Å². The van der Waals surface area contributed by atoms with Crippen molar-refractivity contribution in [2.75, 3.05) is 5.43 Å². The average molecular weight is 459 g/mol. The lowest BCUT2D eigenvalue weighted by Crippen LogP contribution is -2.33. The number of carbonyl (C=O) groups excluding carboxylic acids is 1. The molecular weight excluding hydrogens is 446 g/mol. The van der Waals surface area contributed by atoms with E-state index in [1.54, 1.807) is 22.9 Å². The maximum absolute atomic E-state index is 12.8. The van der Waals surface area contributed by atoms with Crippen LogP contribution in [0.1, 0.15) is 15.9 Å². The molecule has 2 heterocycles. The quantitative estimate of drug-likeness (QED) is 0.508. The van der Waals surface area contributed by atoms with E-state index in [2.05, 4.69) is 31.4 Å². The number of fused-ring (bicyclic) bond motifs is 1. The Kier molecular flexibility index (Phi) is 4.74. The van der Waals surface area contributed by atoms with Crippen molar-refractivity contribution in [3.05, 3.63) is 86.0 Å². The summed E-state index contributed by atoms with van der Waals surface area (Å²) in [6.07, 6.45) is 2.68. The van der Waals surface area contributed by atoms with E-state index in [9.17, 15) is 9.59 Å². The Bertz CT molecular complexity index is 1260. The molecule has 0 saturated heterocycles. The van der Waals surface area contributed by atoms with Gasteiger partial charge in [0.05, 0.1) is 22.5 Å². The van der Waals surface area contributed by atoms with Crippen LogP contribution in [0, 0.1) is 6.92 Å². The Morgan fingerprint density at radius 3 is 2.68 bits per heavy atom. The van der Waals surface area contributed by atoms with Crippen LogP contribution in [0.15, 0.2) is 64.3 Å². The second-order valence-electron chi connectivity index (χ2n) is 6.11. The minimum absolute atomic E-state index is 0.235. The summed E-state index contributed by atoms with van der Waals surface area (Å²) in [7, 11) is 0. The van der Waals surface area contributed by atoms with E-state index in [1.807, 2.05) is 31.2 Å². The number of rotatable bonds is 3. The zero-order valence-electron chi connectivity index (χ0n) is 14.6. The van der Waals surface area contributed by atoms with Gasteiger partial charge in [-0.3, -0.25) is 15.0 Å².